The second-order valence-electron chi connectivity index (χ2n) is 4.37. The lowest BCUT2D eigenvalue weighted by atomic mass is 10.0. The Morgan fingerprint density at radius 3 is 2.94 bits per heavy atom. The van der Waals surface area contributed by atoms with Gasteiger partial charge < -0.3 is 14.6 Å². The monoisotopic (exact) mass is 246 g/mol. The van der Waals surface area contributed by atoms with Gasteiger partial charge in [-0.2, -0.15) is 0 Å². The minimum absolute atomic E-state index is 0.252. The van der Waals surface area contributed by atoms with Crippen LogP contribution in [0.4, 0.5) is 0 Å². The summed E-state index contributed by atoms with van der Waals surface area (Å²) >= 11 is 0. The fraction of sp³-hybridized carbons (Fsp3) is 0.357. The minimum Gasteiger partial charge on any atom is -0.488 e. The molecule has 4 heteroatoms. The number of aromatic nitrogens is 1. The molecule has 0 aliphatic heterocycles. The summed E-state index contributed by atoms with van der Waals surface area (Å²) in [6.45, 7) is 4.66. The Morgan fingerprint density at radius 2 is 2.28 bits per heavy atom. The highest BCUT2D eigenvalue weighted by atomic mass is 16.5. The highest BCUT2D eigenvalue weighted by molar-refractivity contribution is 5.39. The van der Waals surface area contributed by atoms with E-state index in [1.165, 1.54) is 5.56 Å². The fourth-order valence-electron chi connectivity index (χ4n) is 1.75. The zero-order chi connectivity index (χ0) is 13.0. The van der Waals surface area contributed by atoms with Crippen LogP contribution in [0.15, 0.2) is 35.2 Å². The molecule has 1 unspecified atom stereocenters. The normalized spacial score (nSPS) is 12.4. The first-order valence-corrected chi connectivity index (χ1v) is 5.99. The molecule has 0 saturated carbocycles. The molecule has 0 amide bonds. The highest BCUT2D eigenvalue weighted by Gasteiger charge is 2.10. The maximum absolute atomic E-state index is 5.82. The quantitative estimate of drug-likeness (QED) is 0.881. The number of rotatable bonds is 5. The van der Waals surface area contributed by atoms with Gasteiger partial charge in [-0.15, -0.1) is 0 Å². The fourth-order valence-corrected chi connectivity index (χ4v) is 1.75. The summed E-state index contributed by atoms with van der Waals surface area (Å²) in [5, 5.41) is 6.89. The van der Waals surface area contributed by atoms with Gasteiger partial charge in [-0.1, -0.05) is 22.9 Å². The van der Waals surface area contributed by atoms with Gasteiger partial charge in [-0.3, -0.25) is 0 Å². The first kappa shape index (κ1) is 12.6. The van der Waals surface area contributed by atoms with Crippen molar-refractivity contribution in [3.63, 3.8) is 0 Å². The number of nitrogens with one attached hydrogen (secondary N) is 1. The Hall–Kier alpha value is -1.81. The molecule has 0 aliphatic rings. The lowest BCUT2D eigenvalue weighted by molar-refractivity contribution is 0.298. The maximum atomic E-state index is 5.82. The van der Waals surface area contributed by atoms with Crippen molar-refractivity contribution >= 4 is 0 Å². The predicted octanol–water partition coefficient (Wildman–Crippen LogP) is 2.84. The topological polar surface area (TPSA) is 47.3 Å². The van der Waals surface area contributed by atoms with Crippen LogP contribution in [0.5, 0.6) is 5.75 Å². The summed E-state index contributed by atoms with van der Waals surface area (Å²) in [6, 6.07) is 6.45. The molecule has 1 aromatic carbocycles. The molecule has 0 fully saturated rings. The van der Waals surface area contributed by atoms with Gasteiger partial charge in [0.05, 0.1) is 6.20 Å². The lowest BCUT2D eigenvalue weighted by Gasteiger charge is -2.17. The number of aryl methyl sites for hydroxylation is 1. The third-order valence-electron chi connectivity index (χ3n) is 2.94. The molecule has 1 aromatic heterocycles. The Labute approximate surface area is 107 Å². The van der Waals surface area contributed by atoms with Crippen LogP contribution >= 0.6 is 0 Å². The Bertz CT molecular complexity index is 495. The number of ether oxygens (including phenoxy) is 1. The SMILES string of the molecule is CNC(C)c1cc(C)ccc1OCc1cnoc1. The van der Waals surface area contributed by atoms with Crippen molar-refractivity contribution in [2.45, 2.75) is 26.5 Å². The predicted molar refractivity (Wildman–Crippen MR) is 69.5 cm³/mol. The smallest absolute Gasteiger partial charge is 0.130 e. The largest absolute Gasteiger partial charge is 0.488 e. The van der Waals surface area contributed by atoms with E-state index in [1.807, 2.05) is 13.1 Å². The molecule has 2 rings (SSSR count). The van der Waals surface area contributed by atoms with E-state index >= 15 is 0 Å². The highest BCUT2D eigenvalue weighted by Crippen LogP contribution is 2.26. The molecule has 1 heterocycles. The molecule has 1 atom stereocenters. The van der Waals surface area contributed by atoms with Crippen LogP contribution in [-0.4, -0.2) is 12.2 Å². The zero-order valence-corrected chi connectivity index (χ0v) is 10.9. The summed E-state index contributed by atoms with van der Waals surface area (Å²) in [5.41, 5.74) is 3.32. The van der Waals surface area contributed by atoms with Gasteiger partial charge in [-0.25, -0.2) is 0 Å². The molecule has 96 valence electrons. The van der Waals surface area contributed by atoms with Crippen LogP contribution in [0.25, 0.3) is 0 Å². The van der Waals surface area contributed by atoms with E-state index in [9.17, 15) is 0 Å². The Morgan fingerprint density at radius 1 is 1.44 bits per heavy atom. The second kappa shape index (κ2) is 5.69. The summed E-state index contributed by atoms with van der Waals surface area (Å²) < 4.78 is 10.6. The molecule has 1 N–H and O–H groups in total. The molecule has 18 heavy (non-hydrogen) atoms. The maximum Gasteiger partial charge on any atom is 0.130 e. The first-order valence-electron chi connectivity index (χ1n) is 5.99. The standard InChI is InChI=1S/C14H18N2O2/c1-10-4-5-14(13(6-10)11(2)15-3)17-8-12-7-16-18-9-12/h4-7,9,11,15H,8H2,1-3H3. The second-order valence-corrected chi connectivity index (χ2v) is 4.37. The van der Waals surface area contributed by atoms with Gasteiger partial charge in [-0.05, 0) is 27.0 Å². The molecule has 2 aromatic rings. The van der Waals surface area contributed by atoms with Crippen molar-refractivity contribution < 1.29 is 9.26 Å². The average molecular weight is 246 g/mol. The summed E-state index contributed by atoms with van der Waals surface area (Å²) in [7, 11) is 1.94. The third kappa shape index (κ3) is 2.90. The summed E-state index contributed by atoms with van der Waals surface area (Å²) in [6.07, 6.45) is 3.25. The van der Waals surface area contributed by atoms with Gasteiger partial charge in [0.2, 0.25) is 0 Å². The van der Waals surface area contributed by atoms with Gasteiger partial charge in [0.15, 0.2) is 0 Å². The van der Waals surface area contributed by atoms with Gasteiger partial charge in [0.25, 0.3) is 0 Å². The van der Waals surface area contributed by atoms with E-state index in [1.54, 1.807) is 12.5 Å². The van der Waals surface area contributed by atoms with Crippen molar-refractivity contribution in [2.75, 3.05) is 7.05 Å². The number of hydrogen-bond donors (Lipinski definition) is 1. The Kier molecular flexibility index (Phi) is 3.99. The van der Waals surface area contributed by atoms with E-state index < -0.39 is 0 Å². The molecule has 0 aliphatic carbocycles. The summed E-state index contributed by atoms with van der Waals surface area (Å²) in [4.78, 5) is 0. The minimum atomic E-state index is 0.252. The summed E-state index contributed by atoms with van der Waals surface area (Å²) in [5.74, 6) is 0.892. The molecular weight excluding hydrogens is 228 g/mol. The van der Waals surface area contributed by atoms with E-state index in [4.69, 9.17) is 9.26 Å². The van der Waals surface area contributed by atoms with Crippen LogP contribution in [0, 0.1) is 6.92 Å². The number of nitrogens with zero attached hydrogens (tertiary/aromatic N) is 1. The van der Waals surface area contributed by atoms with E-state index in [0.29, 0.717) is 6.61 Å². The van der Waals surface area contributed by atoms with E-state index in [0.717, 1.165) is 16.9 Å². The average Bonchev–Trinajstić information content (AvgIpc) is 2.89. The van der Waals surface area contributed by atoms with Crippen molar-refractivity contribution in [1.82, 2.24) is 10.5 Å². The first-order chi connectivity index (χ1) is 8.70. The van der Waals surface area contributed by atoms with Crippen LogP contribution in [0.2, 0.25) is 0 Å². The van der Waals surface area contributed by atoms with E-state index in [2.05, 4.69) is 36.5 Å². The van der Waals surface area contributed by atoms with Gasteiger partial charge in [0, 0.05) is 17.2 Å². The van der Waals surface area contributed by atoms with Crippen molar-refractivity contribution in [3.8, 4) is 5.75 Å². The van der Waals surface area contributed by atoms with Crippen molar-refractivity contribution in [1.29, 1.82) is 0 Å². The lowest BCUT2D eigenvalue weighted by Crippen LogP contribution is -2.14. The van der Waals surface area contributed by atoms with Crippen LogP contribution < -0.4 is 10.1 Å². The zero-order valence-electron chi connectivity index (χ0n) is 10.9. The van der Waals surface area contributed by atoms with Crippen molar-refractivity contribution in [3.05, 3.63) is 47.3 Å². The molecule has 0 saturated heterocycles. The molecule has 4 nitrogen and oxygen atoms in total. The molecule has 0 spiro atoms. The van der Waals surface area contributed by atoms with Crippen LogP contribution in [-0.2, 0) is 6.61 Å². The molecule has 0 radical (unpaired) electrons. The molecule has 0 bridgehead atoms. The number of hydrogen-bond acceptors (Lipinski definition) is 4. The van der Waals surface area contributed by atoms with Crippen LogP contribution in [0.1, 0.15) is 29.7 Å². The van der Waals surface area contributed by atoms with Crippen LogP contribution in [0.3, 0.4) is 0 Å². The van der Waals surface area contributed by atoms with Crippen molar-refractivity contribution in [2.24, 2.45) is 0 Å². The third-order valence-corrected chi connectivity index (χ3v) is 2.94. The van der Waals surface area contributed by atoms with E-state index in [-0.39, 0.29) is 6.04 Å². The van der Waals surface area contributed by atoms with Gasteiger partial charge >= 0.3 is 0 Å². The Balaban J connectivity index is 2.16. The van der Waals surface area contributed by atoms with Gasteiger partial charge in [0.1, 0.15) is 18.6 Å². The number of benzene rings is 1. The molecular formula is C14H18N2O2.